The van der Waals surface area contributed by atoms with E-state index >= 15 is 0 Å². The van der Waals surface area contributed by atoms with Crippen LogP contribution in [0.3, 0.4) is 0 Å². The van der Waals surface area contributed by atoms with Crippen molar-refractivity contribution in [3.63, 3.8) is 0 Å². The minimum atomic E-state index is -0.824. The highest BCUT2D eigenvalue weighted by Gasteiger charge is 2.43. The van der Waals surface area contributed by atoms with E-state index in [1.165, 1.54) is 6.07 Å². The molecule has 3 rings (SSSR count). The van der Waals surface area contributed by atoms with Gasteiger partial charge in [-0.2, -0.15) is 0 Å². The maximum Gasteiger partial charge on any atom is 0.306 e. The van der Waals surface area contributed by atoms with Crippen molar-refractivity contribution in [3.8, 4) is 22.6 Å². The van der Waals surface area contributed by atoms with Crippen molar-refractivity contribution in [1.29, 1.82) is 0 Å². The summed E-state index contributed by atoms with van der Waals surface area (Å²) in [7, 11) is 0. The third-order valence-electron chi connectivity index (χ3n) is 4.20. The van der Waals surface area contributed by atoms with E-state index in [0.29, 0.717) is 22.8 Å². The molecule has 0 spiro atoms. The highest BCUT2D eigenvalue weighted by molar-refractivity contribution is 6.31. The maximum absolute atomic E-state index is 14.4. The van der Waals surface area contributed by atoms with Crippen LogP contribution in [0.2, 0.25) is 5.02 Å². The van der Waals surface area contributed by atoms with Gasteiger partial charge in [0.05, 0.1) is 18.6 Å². The van der Waals surface area contributed by atoms with E-state index in [1.54, 1.807) is 24.3 Å². The second-order valence-electron chi connectivity index (χ2n) is 6.74. The Kier molecular flexibility index (Phi) is 5.37. The van der Waals surface area contributed by atoms with Crippen molar-refractivity contribution in [2.24, 2.45) is 11.8 Å². The van der Waals surface area contributed by atoms with E-state index in [0.717, 1.165) is 5.56 Å². The number of carbonyl (C=O) groups is 1. The fraction of sp³-hybridized carbons (Fsp3) is 0.350. The van der Waals surface area contributed by atoms with E-state index < -0.39 is 11.8 Å². The zero-order chi connectivity index (χ0) is 18.8. The summed E-state index contributed by atoms with van der Waals surface area (Å²) in [6.45, 7) is 4.04. The molecular formula is C20H20ClFO4. The quantitative estimate of drug-likeness (QED) is 0.733. The van der Waals surface area contributed by atoms with Gasteiger partial charge in [0.2, 0.25) is 0 Å². The van der Waals surface area contributed by atoms with Crippen LogP contribution in [0, 0.1) is 17.7 Å². The van der Waals surface area contributed by atoms with Gasteiger partial charge in [-0.3, -0.25) is 4.79 Å². The fourth-order valence-electron chi connectivity index (χ4n) is 2.80. The summed E-state index contributed by atoms with van der Waals surface area (Å²) < 4.78 is 25.5. The van der Waals surface area contributed by atoms with Gasteiger partial charge in [0.1, 0.15) is 5.75 Å². The van der Waals surface area contributed by atoms with E-state index in [2.05, 4.69) is 0 Å². The van der Waals surface area contributed by atoms with Crippen LogP contribution in [-0.2, 0) is 4.79 Å². The van der Waals surface area contributed by atoms with Crippen molar-refractivity contribution in [3.05, 3.63) is 47.2 Å². The number of carboxylic acids is 1. The zero-order valence-electron chi connectivity index (χ0n) is 14.5. The molecule has 138 valence electrons. The number of carboxylic acid groups (broad SMARTS) is 1. The van der Waals surface area contributed by atoms with E-state index in [1.807, 2.05) is 19.9 Å². The van der Waals surface area contributed by atoms with Gasteiger partial charge >= 0.3 is 5.97 Å². The van der Waals surface area contributed by atoms with Crippen molar-refractivity contribution in [2.45, 2.75) is 26.4 Å². The van der Waals surface area contributed by atoms with Crippen LogP contribution in [-0.4, -0.2) is 23.8 Å². The second-order valence-corrected chi connectivity index (χ2v) is 7.18. The van der Waals surface area contributed by atoms with Crippen molar-refractivity contribution >= 4 is 17.6 Å². The van der Waals surface area contributed by atoms with Crippen molar-refractivity contribution in [2.75, 3.05) is 6.61 Å². The Balaban J connectivity index is 1.73. The normalized spacial score (nSPS) is 18.7. The summed E-state index contributed by atoms with van der Waals surface area (Å²) in [5, 5.41) is 9.39. The summed E-state index contributed by atoms with van der Waals surface area (Å²) in [6.07, 6.45) is 0.585. The molecule has 0 radical (unpaired) electrons. The molecule has 26 heavy (non-hydrogen) atoms. The van der Waals surface area contributed by atoms with Gasteiger partial charge in [-0.15, -0.1) is 0 Å². The Morgan fingerprint density at radius 1 is 1.27 bits per heavy atom. The number of ether oxygens (including phenoxy) is 2. The standard InChI is InChI=1S/C20H20ClFO4/c1-11(2)26-16-6-13(5-15(21)9-16)12-3-4-19(18(22)8-12)25-10-14-7-17(14)20(23)24/h3-6,8-9,11,14,17H,7,10H2,1-2H3,(H,23,24)/t14?,17-/m1/s1. The molecule has 1 N–H and O–H groups in total. The Morgan fingerprint density at radius 3 is 2.65 bits per heavy atom. The molecule has 4 nitrogen and oxygen atoms in total. The van der Waals surface area contributed by atoms with Crippen LogP contribution in [0.1, 0.15) is 20.3 Å². The van der Waals surface area contributed by atoms with E-state index in [9.17, 15) is 9.18 Å². The predicted molar refractivity (Wildman–Crippen MR) is 97.3 cm³/mol. The number of hydrogen-bond donors (Lipinski definition) is 1. The average molecular weight is 379 g/mol. The summed E-state index contributed by atoms with van der Waals surface area (Å²) in [6, 6.07) is 9.93. The largest absolute Gasteiger partial charge is 0.491 e. The Hall–Kier alpha value is -2.27. The van der Waals surface area contributed by atoms with E-state index in [4.69, 9.17) is 26.2 Å². The summed E-state index contributed by atoms with van der Waals surface area (Å²) >= 11 is 6.14. The molecule has 0 amide bonds. The first-order valence-corrected chi connectivity index (χ1v) is 8.84. The lowest BCUT2D eigenvalue weighted by Crippen LogP contribution is -2.07. The first-order valence-electron chi connectivity index (χ1n) is 8.46. The van der Waals surface area contributed by atoms with Crippen LogP contribution in [0.5, 0.6) is 11.5 Å². The molecule has 0 bridgehead atoms. The molecule has 1 unspecified atom stereocenters. The lowest BCUT2D eigenvalue weighted by Gasteiger charge is -2.13. The smallest absolute Gasteiger partial charge is 0.306 e. The Labute approximate surface area is 156 Å². The number of hydrogen-bond acceptors (Lipinski definition) is 3. The van der Waals surface area contributed by atoms with Crippen LogP contribution in [0.15, 0.2) is 36.4 Å². The Morgan fingerprint density at radius 2 is 2.04 bits per heavy atom. The molecule has 1 aliphatic carbocycles. The molecule has 1 fully saturated rings. The third kappa shape index (κ3) is 4.47. The van der Waals surface area contributed by atoms with Gasteiger partial charge in [-0.1, -0.05) is 17.7 Å². The molecule has 0 saturated heterocycles. The number of benzene rings is 2. The molecule has 1 aliphatic rings. The molecule has 2 atom stereocenters. The minimum absolute atomic E-state index is 0.00545. The van der Waals surface area contributed by atoms with Gasteiger partial charge in [-0.05, 0) is 61.7 Å². The first kappa shape index (κ1) is 18.5. The molecule has 2 aromatic rings. The van der Waals surface area contributed by atoms with Gasteiger partial charge < -0.3 is 14.6 Å². The van der Waals surface area contributed by atoms with Crippen LogP contribution >= 0.6 is 11.6 Å². The summed E-state index contributed by atoms with van der Waals surface area (Å²) in [5.74, 6) is -1.00. The molecule has 0 heterocycles. The second kappa shape index (κ2) is 7.54. The number of aliphatic carboxylic acids is 1. The zero-order valence-corrected chi connectivity index (χ0v) is 15.3. The molecule has 1 saturated carbocycles. The highest BCUT2D eigenvalue weighted by atomic mass is 35.5. The average Bonchev–Trinajstić information content (AvgIpc) is 3.32. The summed E-state index contributed by atoms with van der Waals surface area (Å²) in [4.78, 5) is 10.8. The molecular weight excluding hydrogens is 359 g/mol. The predicted octanol–water partition coefficient (Wildman–Crippen LogP) is 5.03. The SMILES string of the molecule is CC(C)Oc1cc(Cl)cc(-c2ccc(OCC3C[C@H]3C(=O)O)c(F)c2)c1. The fourth-order valence-corrected chi connectivity index (χ4v) is 3.02. The molecule has 2 aromatic carbocycles. The van der Waals surface area contributed by atoms with Gasteiger partial charge in [0.15, 0.2) is 11.6 Å². The lowest BCUT2D eigenvalue weighted by atomic mass is 10.0. The highest BCUT2D eigenvalue weighted by Crippen LogP contribution is 2.39. The monoisotopic (exact) mass is 378 g/mol. The molecule has 0 aliphatic heterocycles. The maximum atomic E-state index is 14.4. The molecule has 6 heteroatoms. The van der Waals surface area contributed by atoms with Gasteiger partial charge in [0.25, 0.3) is 0 Å². The summed E-state index contributed by atoms with van der Waals surface area (Å²) in [5.41, 5.74) is 1.40. The van der Waals surface area contributed by atoms with E-state index in [-0.39, 0.29) is 30.3 Å². The van der Waals surface area contributed by atoms with Gasteiger partial charge in [0, 0.05) is 10.9 Å². The number of halogens is 2. The first-order chi connectivity index (χ1) is 12.3. The van der Waals surface area contributed by atoms with Crippen molar-refractivity contribution in [1.82, 2.24) is 0 Å². The van der Waals surface area contributed by atoms with Gasteiger partial charge in [-0.25, -0.2) is 4.39 Å². The van der Waals surface area contributed by atoms with Crippen LogP contribution < -0.4 is 9.47 Å². The van der Waals surface area contributed by atoms with Crippen molar-refractivity contribution < 1.29 is 23.8 Å². The minimum Gasteiger partial charge on any atom is -0.491 e. The third-order valence-corrected chi connectivity index (χ3v) is 4.42. The molecule has 0 aromatic heterocycles. The van der Waals surface area contributed by atoms with Crippen LogP contribution in [0.25, 0.3) is 11.1 Å². The Bertz CT molecular complexity index is 821. The lowest BCUT2D eigenvalue weighted by molar-refractivity contribution is -0.138. The number of rotatable bonds is 7. The topological polar surface area (TPSA) is 55.8 Å². The van der Waals surface area contributed by atoms with Crippen LogP contribution in [0.4, 0.5) is 4.39 Å².